The maximum absolute atomic E-state index is 13.7. The van der Waals surface area contributed by atoms with Gasteiger partial charge in [-0.25, -0.2) is 4.39 Å². The Morgan fingerprint density at radius 1 is 1.53 bits per heavy atom. The standard InChI is InChI=1S/C11H13FN2S/c1-11(7-15-5-4-14-11)9-6-8(13)2-3-10(9)12/h2-4,6H,5,7,13H2,1H3/t11-/m0/s1. The largest absolute Gasteiger partial charge is 0.399 e. The summed E-state index contributed by atoms with van der Waals surface area (Å²) >= 11 is 1.75. The minimum Gasteiger partial charge on any atom is -0.399 e. The van der Waals surface area contributed by atoms with E-state index in [1.54, 1.807) is 23.9 Å². The number of halogens is 1. The molecule has 1 atom stereocenters. The van der Waals surface area contributed by atoms with E-state index < -0.39 is 5.54 Å². The molecule has 0 spiro atoms. The van der Waals surface area contributed by atoms with Gasteiger partial charge in [-0.3, -0.25) is 4.99 Å². The second-order valence-electron chi connectivity index (χ2n) is 3.84. The predicted octanol–water partition coefficient (Wildman–Crippen LogP) is 2.44. The van der Waals surface area contributed by atoms with Crippen molar-refractivity contribution < 1.29 is 4.39 Å². The Balaban J connectivity index is 2.47. The molecule has 1 aromatic carbocycles. The molecule has 2 nitrogen and oxygen atoms in total. The topological polar surface area (TPSA) is 38.4 Å². The van der Waals surface area contributed by atoms with Crippen molar-refractivity contribution in [3.05, 3.63) is 29.6 Å². The predicted molar refractivity (Wildman–Crippen MR) is 64.0 cm³/mol. The number of rotatable bonds is 1. The summed E-state index contributed by atoms with van der Waals surface area (Å²) in [4.78, 5) is 4.39. The molecule has 2 rings (SSSR count). The van der Waals surface area contributed by atoms with Crippen LogP contribution < -0.4 is 5.73 Å². The fourth-order valence-electron chi connectivity index (χ4n) is 1.69. The Bertz CT molecular complexity index is 406. The highest BCUT2D eigenvalue weighted by molar-refractivity contribution is 8.00. The average Bonchev–Trinajstić information content (AvgIpc) is 2.23. The van der Waals surface area contributed by atoms with Crippen molar-refractivity contribution in [2.45, 2.75) is 12.5 Å². The summed E-state index contributed by atoms with van der Waals surface area (Å²) in [5.74, 6) is 1.47. The zero-order chi connectivity index (χ0) is 10.9. The molecule has 0 radical (unpaired) electrons. The van der Waals surface area contributed by atoms with E-state index in [2.05, 4.69) is 4.99 Å². The van der Waals surface area contributed by atoms with Crippen molar-refractivity contribution in [2.24, 2.45) is 4.99 Å². The maximum atomic E-state index is 13.7. The Kier molecular flexibility index (Phi) is 2.69. The van der Waals surface area contributed by atoms with Crippen molar-refractivity contribution >= 4 is 23.7 Å². The van der Waals surface area contributed by atoms with Gasteiger partial charge in [-0.2, -0.15) is 11.8 Å². The number of benzene rings is 1. The van der Waals surface area contributed by atoms with E-state index in [4.69, 9.17) is 5.73 Å². The van der Waals surface area contributed by atoms with E-state index in [0.29, 0.717) is 11.3 Å². The van der Waals surface area contributed by atoms with Gasteiger partial charge >= 0.3 is 0 Å². The lowest BCUT2D eigenvalue weighted by Crippen LogP contribution is -2.27. The first kappa shape index (κ1) is 10.5. The summed E-state index contributed by atoms with van der Waals surface area (Å²) < 4.78 is 13.7. The normalized spacial score (nSPS) is 25.5. The van der Waals surface area contributed by atoms with Crippen LogP contribution in [0.4, 0.5) is 10.1 Å². The van der Waals surface area contributed by atoms with Crippen LogP contribution in [0.5, 0.6) is 0 Å². The number of nitrogen functional groups attached to an aromatic ring is 1. The summed E-state index contributed by atoms with van der Waals surface area (Å²) in [6, 6.07) is 4.66. The lowest BCUT2D eigenvalue weighted by atomic mass is 9.93. The first-order chi connectivity index (χ1) is 7.12. The molecule has 4 heteroatoms. The van der Waals surface area contributed by atoms with Crippen LogP contribution in [0.3, 0.4) is 0 Å². The quantitative estimate of drug-likeness (QED) is 0.744. The summed E-state index contributed by atoms with van der Waals surface area (Å²) in [6.07, 6.45) is 1.84. The van der Waals surface area contributed by atoms with Crippen LogP contribution in [-0.2, 0) is 5.54 Å². The molecule has 15 heavy (non-hydrogen) atoms. The lowest BCUT2D eigenvalue weighted by Gasteiger charge is -2.28. The highest BCUT2D eigenvalue weighted by Gasteiger charge is 2.30. The van der Waals surface area contributed by atoms with E-state index in [1.807, 2.05) is 13.1 Å². The van der Waals surface area contributed by atoms with Gasteiger partial charge in [-0.05, 0) is 25.1 Å². The van der Waals surface area contributed by atoms with Crippen molar-refractivity contribution in [2.75, 3.05) is 17.2 Å². The Morgan fingerprint density at radius 2 is 2.33 bits per heavy atom. The van der Waals surface area contributed by atoms with Gasteiger partial charge in [0, 0.05) is 29.0 Å². The van der Waals surface area contributed by atoms with Crippen LogP contribution in [0.2, 0.25) is 0 Å². The molecule has 0 saturated carbocycles. The van der Waals surface area contributed by atoms with Gasteiger partial charge < -0.3 is 5.73 Å². The number of hydrogen-bond acceptors (Lipinski definition) is 3. The Morgan fingerprint density at radius 3 is 3.00 bits per heavy atom. The van der Waals surface area contributed by atoms with Crippen molar-refractivity contribution in [3.63, 3.8) is 0 Å². The van der Waals surface area contributed by atoms with Crippen molar-refractivity contribution in [1.29, 1.82) is 0 Å². The molecule has 1 heterocycles. The molecule has 0 fully saturated rings. The van der Waals surface area contributed by atoms with Crippen LogP contribution in [0.15, 0.2) is 23.2 Å². The SMILES string of the molecule is C[C@@]1(c2cc(N)ccc2F)CSCC=N1. The first-order valence-corrected chi connectivity index (χ1v) is 5.94. The van der Waals surface area contributed by atoms with Gasteiger partial charge in [0.05, 0.1) is 5.54 Å². The average molecular weight is 224 g/mol. The molecule has 1 aromatic rings. The van der Waals surface area contributed by atoms with E-state index in [-0.39, 0.29) is 5.82 Å². The van der Waals surface area contributed by atoms with Crippen molar-refractivity contribution in [1.82, 2.24) is 0 Å². The minimum absolute atomic E-state index is 0.230. The van der Waals surface area contributed by atoms with Gasteiger partial charge in [0.15, 0.2) is 0 Å². The number of aliphatic imine (C=N–C) groups is 1. The second-order valence-corrected chi connectivity index (χ2v) is 4.87. The van der Waals surface area contributed by atoms with E-state index in [9.17, 15) is 4.39 Å². The number of hydrogen-bond donors (Lipinski definition) is 1. The highest BCUT2D eigenvalue weighted by atomic mass is 32.2. The molecule has 2 N–H and O–H groups in total. The summed E-state index contributed by atoms with van der Waals surface area (Å²) in [7, 11) is 0. The number of thioether (sulfide) groups is 1. The molecule has 0 aromatic heterocycles. The molecule has 0 saturated heterocycles. The third-order valence-electron chi connectivity index (χ3n) is 2.52. The molecule has 1 aliphatic rings. The molecular weight excluding hydrogens is 211 g/mol. The summed E-state index contributed by atoms with van der Waals surface area (Å²) in [5.41, 5.74) is 6.37. The second kappa shape index (κ2) is 3.85. The van der Waals surface area contributed by atoms with Crippen molar-refractivity contribution in [3.8, 4) is 0 Å². The smallest absolute Gasteiger partial charge is 0.129 e. The zero-order valence-electron chi connectivity index (χ0n) is 8.53. The van der Waals surface area contributed by atoms with Crippen LogP contribution in [0.1, 0.15) is 12.5 Å². The Labute approximate surface area is 92.8 Å². The van der Waals surface area contributed by atoms with Gasteiger partial charge in [0.2, 0.25) is 0 Å². The lowest BCUT2D eigenvalue weighted by molar-refractivity contribution is 0.511. The Hall–Kier alpha value is -1.03. The third kappa shape index (κ3) is 2.00. The van der Waals surface area contributed by atoms with Gasteiger partial charge in [0.25, 0.3) is 0 Å². The van der Waals surface area contributed by atoms with Crippen LogP contribution in [-0.4, -0.2) is 17.7 Å². The highest BCUT2D eigenvalue weighted by Crippen LogP contribution is 2.34. The molecule has 80 valence electrons. The van der Waals surface area contributed by atoms with Gasteiger partial charge in [-0.1, -0.05) is 0 Å². The molecule has 1 aliphatic heterocycles. The van der Waals surface area contributed by atoms with E-state index >= 15 is 0 Å². The monoisotopic (exact) mass is 224 g/mol. The molecule has 0 amide bonds. The fraction of sp³-hybridized carbons (Fsp3) is 0.364. The first-order valence-electron chi connectivity index (χ1n) is 4.79. The number of nitrogens with zero attached hydrogens (tertiary/aromatic N) is 1. The van der Waals surface area contributed by atoms with E-state index in [1.165, 1.54) is 6.07 Å². The minimum atomic E-state index is -0.470. The van der Waals surface area contributed by atoms with Gasteiger partial charge in [-0.15, -0.1) is 0 Å². The van der Waals surface area contributed by atoms with Crippen LogP contribution in [0.25, 0.3) is 0 Å². The van der Waals surface area contributed by atoms with Gasteiger partial charge in [0.1, 0.15) is 5.82 Å². The maximum Gasteiger partial charge on any atom is 0.129 e. The summed E-state index contributed by atoms with van der Waals surface area (Å²) in [6.45, 7) is 1.94. The fourth-order valence-corrected chi connectivity index (χ4v) is 2.61. The molecular formula is C11H13FN2S. The van der Waals surface area contributed by atoms with E-state index in [0.717, 1.165) is 11.5 Å². The van der Waals surface area contributed by atoms with Crippen LogP contribution in [0, 0.1) is 5.82 Å². The zero-order valence-corrected chi connectivity index (χ0v) is 9.35. The summed E-state index contributed by atoms with van der Waals surface area (Å²) in [5, 5.41) is 0. The molecule has 0 aliphatic carbocycles. The number of anilines is 1. The number of nitrogens with two attached hydrogens (primary N) is 1. The molecule has 0 bridgehead atoms. The third-order valence-corrected chi connectivity index (χ3v) is 3.67. The van der Waals surface area contributed by atoms with Crippen LogP contribution >= 0.6 is 11.8 Å². The molecule has 0 unspecified atom stereocenters.